The predicted molar refractivity (Wildman–Crippen MR) is 81.6 cm³/mol. The van der Waals surface area contributed by atoms with Crippen molar-refractivity contribution in [3.63, 3.8) is 0 Å². The topological polar surface area (TPSA) is 69.6 Å². The fourth-order valence-electron chi connectivity index (χ4n) is 2.59. The van der Waals surface area contributed by atoms with Crippen LogP contribution in [0.15, 0.2) is 18.2 Å². The van der Waals surface area contributed by atoms with Gasteiger partial charge in [0.05, 0.1) is 0 Å². The summed E-state index contributed by atoms with van der Waals surface area (Å²) in [6.45, 7) is 5.51. The van der Waals surface area contributed by atoms with Gasteiger partial charge in [0.25, 0.3) is 0 Å². The van der Waals surface area contributed by atoms with Crippen molar-refractivity contribution in [2.45, 2.75) is 39.2 Å². The third kappa shape index (κ3) is 3.01. The van der Waals surface area contributed by atoms with Crippen LogP contribution in [0.4, 0.5) is 10.5 Å². The van der Waals surface area contributed by atoms with Gasteiger partial charge in [-0.15, -0.1) is 0 Å². The molecule has 0 radical (unpaired) electrons. The summed E-state index contributed by atoms with van der Waals surface area (Å²) in [7, 11) is 1.65. The molecule has 5 heteroatoms. The van der Waals surface area contributed by atoms with Gasteiger partial charge in [-0.1, -0.05) is 17.7 Å². The van der Waals surface area contributed by atoms with Crippen molar-refractivity contribution in [2.75, 3.05) is 11.9 Å². The Balaban J connectivity index is 2.17. The quantitative estimate of drug-likeness (QED) is 0.895. The third-order valence-corrected chi connectivity index (χ3v) is 4.22. The molecule has 1 saturated carbocycles. The molecule has 1 fully saturated rings. The number of hydrogen-bond acceptors (Lipinski definition) is 2. The maximum atomic E-state index is 12.4. The minimum Gasteiger partial charge on any atom is -0.480 e. The first-order valence-electron chi connectivity index (χ1n) is 7.12. The number of nitrogens with one attached hydrogen (secondary N) is 1. The van der Waals surface area contributed by atoms with E-state index in [4.69, 9.17) is 0 Å². The average molecular weight is 290 g/mol. The molecule has 0 heterocycles. The monoisotopic (exact) mass is 290 g/mol. The van der Waals surface area contributed by atoms with Crippen LogP contribution in [0.2, 0.25) is 0 Å². The van der Waals surface area contributed by atoms with E-state index in [9.17, 15) is 14.7 Å². The molecule has 0 bridgehead atoms. The van der Waals surface area contributed by atoms with E-state index in [0.29, 0.717) is 0 Å². The fourth-order valence-corrected chi connectivity index (χ4v) is 2.59. The number of carbonyl (C=O) groups excluding carboxylic acids is 1. The van der Waals surface area contributed by atoms with Gasteiger partial charge in [-0.05, 0) is 51.2 Å². The Morgan fingerprint density at radius 1 is 1.33 bits per heavy atom. The van der Waals surface area contributed by atoms with E-state index >= 15 is 0 Å². The molecule has 0 aromatic heterocycles. The summed E-state index contributed by atoms with van der Waals surface area (Å²) in [6, 6.07) is 5.41. The molecule has 1 aliphatic rings. The highest BCUT2D eigenvalue weighted by atomic mass is 16.4. The van der Waals surface area contributed by atoms with Crippen molar-refractivity contribution >= 4 is 17.7 Å². The highest BCUT2D eigenvalue weighted by Gasteiger charge is 2.49. The number of urea groups is 1. The maximum absolute atomic E-state index is 12.4. The Morgan fingerprint density at radius 2 is 1.95 bits per heavy atom. The number of aliphatic carboxylic acids is 1. The van der Waals surface area contributed by atoms with Crippen molar-refractivity contribution in [1.82, 2.24) is 5.32 Å². The van der Waals surface area contributed by atoms with Crippen molar-refractivity contribution in [2.24, 2.45) is 5.92 Å². The van der Waals surface area contributed by atoms with Gasteiger partial charge in [-0.25, -0.2) is 9.59 Å². The molecule has 0 saturated heterocycles. The molecule has 0 spiro atoms. The van der Waals surface area contributed by atoms with Gasteiger partial charge in [0.15, 0.2) is 0 Å². The van der Waals surface area contributed by atoms with Crippen LogP contribution in [-0.2, 0) is 4.79 Å². The summed E-state index contributed by atoms with van der Waals surface area (Å²) in [5, 5.41) is 12.1. The zero-order chi connectivity index (χ0) is 15.8. The zero-order valence-electron chi connectivity index (χ0n) is 12.9. The summed E-state index contributed by atoms with van der Waals surface area (Å²) >= 11 is 0. The van der Waals surface area contributed by atoms with Gasteiger partial charge in [0.1, 0.15) is 5.54 Å². The van der Waals surface area contributed by atoms with E-state index in [1.165, 1.54) is 4.90 Å². The van der Waals surface area contributed by atoms with Crippen molar-refractivity contribution < 1.29 is 14.7 Å². The number of rotatable bonds is 4. The number of amides is 2. The predicted octanol–water partition coefficient (Wildman–Crippen LogP) is 2.70. The second-order valence-electron chi connectivity index (χ2n) is 6.06. The van der Waals surface area contributed by atoms with E-state index in [2.05, 4.69) is 5.32 Å². The second kappa shape index (κ2) is 5.39. The van der Waals surface area contributed by atoms with E-state index in [-0.39, 0.29) is 5.92 Å². The number of benzene rings is 1. The van der Waals surface area contributed by atoms with Crippen molar-refractivity contribution in [3.8, 4) is 0 Å². The first-order valence-corrected chi connectivity index (χ1v) is 7.12. The summed E-state index contributed by atoms with van der Waals surface area (Å²) < 4.78 is 0. The molecule has 1 aromatic rings. The number of aryl methyl sites for hydroxylation is 2. The number of nitrogens with zero attached hydrogens (tertiary/aromatic N) is 1. The lowest BCUT2D eigenvalue weighted by Gasteiger charge is -2.29. The van der Waals surface area contributed by atoms with Crippen LogP contribution in [0, 0.1) is 19.8 Å². The van der Waals surface area contributed by atoms with Gasteiger partial charge in [-0.2, -0.15) is 0 Å². The number of carboxylic acid groups (broad SMARTS) is 1. The molecule has 1 aliphatic carbocycles. The lowest BCUT2D eigenvalue weighted by Crippen LogP contribution is -2.57. The SMILES string of the molecule is Cc1ccc(N(C)C(=O)NC(C)(C(=O)O)C2CC2)c(C)c1. The van der Waals surface area contributed by atoms with E-state index in [1.807, 2.05) is 32.0 Å². The van der Waals surface area contributed by atoms with Gasteiger partial charge < -0.3 is 10.4 Å². The Kier molecular flexibility index (Phi) is 3.94. The van der Waals surface area contributed by atoms with E-state index < -0.39 is 17.5 Å². The second-order valence-corrected chi connectivity index (χ2v) is 6.06. The summed E-state index contributed by atoms with van der Waals surface area (Å²) in [6.07, 6.45) is 1.69. The van der Waals surface area contributed by atoms with Crippen LogP contribution in [0.5, 0.6) is 0 Å². The molecule has 114 valence electrons. The Morgan fingerprint density at radius 3 is 2.43 bits per heavy atom. The van der Waals surface area contributed by atoms with Crippen LogP contribution in [0.3, 0.4) is 0 Å². The molecule has 1 unspecified atom stereocenters. The molecule has 21 heavy (non-hydrogen) atoms. The van der Waals surface area contributed by atoms with Gasteiger partial charge in [-0.3, -0.25) is 4.90 Å². The minimum atomic E-state index is -1.19. The minimum absolute atomic E-state index is 0.0199. The zero-order valence-corrected chi connectivity index (χ0v) is 12.9. The standard InChI is InChI=1S/C16H22N2O3/c1-10-5-8-13(11(2)9-10)18(4)15(21)17-16(3,14(19)20)12-6-7-12/h5,8-9,12H,6-7H2,1-4H3,(H,17,21)(H,19,20). The maximum Gasteiger partial charge on any atom is 0.329 e. The smallest absolute Gasteiger partial charge is 0.329 e. The molecule has 2 rings (SSSR count). The van der Waals surface area contributed by atoms with Crippen LogP contribution < -0.4 is 10.2 Å². The number of carbonyl (C=O) groups is 2. The first kappa shape index (κ1) is 15.4. The third-order valence-electron chi connectivity index (χ3n) is 4.22. The Bertz CT molecular complexity index is 581. The Labute approximate surface area is 125 Å². The molecule has 0 aliphatic heterocycles. The highest BCUT2D eigenvalue weighted by Crippen LogP contribution is 2.40. The van der Waals surface area contributed by atoms with Crippen molar-refractivity contribution in [1.29, 1.82) is 0 Å². The van der Waals surface area contributed by atoms with Crippen LogP contribution >= 0.6 is 0 Å². The molecular weight excluding hydrogens is 268 g/mol. The lowest BCUT2D eigenvalue weighted by atomic mass is 9.96. The molecule has 1 atom stereocenters. The van der Waals surface area contributed by atoms with Crippen LogP contribution in [0.1, 0.15) is 30.9 Å². The van der Waals surface area contributed by atoms with E-state index in [1.54, 1.807) is 14.0 Å². The molecule has 1 aromatic carbocycles. The normalized spacial score (nSPS) is 17.0. The molecule has 2 amide bonds. The highest BCUT2D eigenvalue weighted by molar-refractivity contribution is 5.96. The van der Waals surface area contributed by atoms with Gasteiger partial charge in [0, 0.05) is 12.7 Å². The fraction of sp³-hybridized carbons (Fsp3) is 0.500. The van der Waals surface area contributed by atoms with Crippen molar-refractivity contribution in [3.05, 3.63) is 29.3 Å². The van der Waals surface area contributed by atoms with Crippen LogP contribution in [-0.4, -0.2) is 29.7 Å². The molecule has 2 N–H and O–H groups in total. The van der Waals surface area contributed by atoms with Crippen LogP contribution in [0.25, 0.3) is 0 Å². The average Bonchev–Trinajstić information content (AvgIpc) is 3.22. The number of hydrogen-bond donors (Lipinski definition) is 2. The first-order chi connectivity index (χ1) is 9.75. The lowest BCUT2D eigenvalue weighted by molar-refractivity contribution is -0.144. The van der Waals surface area contributed by atoms with Gasteiger partial charge >= 0.3 is 12.0 Å². The number of carboxylic acids is 1. The summed E-state index contributed by atoms with van der Waals surface area (Å²) in [5.74, 6) is -0.959. The Hall–Kier alpha value is -2.04. The molecule has 5 nitrogen and oxygen atoms in total. The number of anilines is 1. The summed E-state index contributed by atoms with van der Waals surface area (Å²) in [5.41, 5.74) is 1.69. The van der Waals surface area contributed by atoms with E-state index in [0.717, 1.165) is 29.7 Å². The largest absolute Gasteiger partial charge is 0.480 e. The summed E-state index contributed by atoms with van der Waals surface area (Å²) in [4.78, 5) is 25.3. The van der Waals surface area contributed by atoms with Gasteiger partial charge in [0.2, 0.25) is 0 Å². The molecular formula is C16H22N2O3.